The molecule has 0 unspecified atom stereocenters. The normalized spacial score (nSPS) is 14.8. The molecule has 0 aliphatic heterocycles. The van der Waals surface area contributed by atoms with E-state index in [9.17, 15) is 24.3 Å². The van der Waals surface area contributed by atoms with Gasteiger partial charge in [-0.25, -0.2) is 4.79 Å². The van der Waals surface area contributed by atoms with Gasteiger partial charge in [-0.3, -0.25) is 19.4 Å². The maximum Gasteiger partial charge on any atom is 0.326 e. The van der Waals surface area contributed by atoms with Crippen molar-refractivity contribution >= 4 is 52.1 Å². The van der Waals surface area contributed by atoms with Gasteiger partial charge in [0.05, 0.1) is 15.6 Å². The summed E-state index contributed by atoms with van der Waals surface area (Å²) in [5, 5.41) is 18.5. The molecule has 4 N–H and O–H groups in total. The van der Waals surface area contributed by atoms with Crippen molar-refractivity contribution in [3.63, 3.8) is 0 Å². The highest BCUT2D eigenvalue weighted by Gasteiger charge is 2.28. The molecule has 0 spiro atoms. The van der Waals surface area contributed by atoms with Gasteiger partial charge in [0.1, 0.15) is 17.4 Å². The van der Waals surface area contributed by atoms with Gasteiger partial charge in [0.15, 0.2) is 0 Å². The lowest BCUT2D eigenvalue weighted by Gasteiger charge is -2.26. The van der Waals surface area contributed by atoms with Gasteiger partial charge >= 0.3 is 5.97 Å². The second-order valence-corrected chi connectivity index (χ2v) is 9.57. The molecule has 1 aromatic heterocycles. The van der Waals surface area contributed by atoms with Gasteiger partial charge in [-0.15, -0.1) is 0 Å². The lowest BCUT2D eigenvalue weighted by Crippen LogP contribution is -2.43. The van der Waals surface area contributed by atoms with Gasteiger partial charge in [0, 0.05) is 30.5 Å². The minimum atomic E-state index is -1.16. The Balaban J connectivity index is 1.42. The molecule has 9 nitrogen and oxygen atoms in total. The molecule has 0 radical (unpaired) electrons. The number of carbonyl (C=O) groups is 2. The number of carbonyl (C=O) groups excluding carboxylic acids is 1. The average molecular weight is 531 g/mol. The van der Waals surface area contributed by atoms with E-state index in [1.54, 1.807) is 24.3 Å². The number of halogens is 2. The molecule has 1 aliphatic rings. The number of pyridine rings is 1. The van der Waals surface area contributed by atoms with E-state index < -0.39 is 28.8 Å². The quantitative estimate of drug-likeness (QED) is 0.303. The highest BCUT2D eigenvalue weighted by molar-refractivity contribution is 6.40. The van der Waals surface area contributed by atoms with Crippen molar-refractivity contribution in [3.05, 3.63) is 78.3 Å². The first-order valence-corrected chi connectivity index (χ1v) is 12.3. The lowest BCUT2D eigenvalue weighted by molar-refractivity contribution is -0.137. The third-order valence-electron chi connectivity index (χ3n) is 6.21. The molecular formula is C25H24Cl2N4O5. The van der Waals surface area contributed by atoms with Crippen LogP contribution in [-0.2, 0) is 11.2 Å². The average Bonchev–Trinajstić information content (AvgIpc) is 2.86. The lowest BCUT2D eigenvalue weighted by atomic mass is 9.95. The second-order valence-electron chi connectivity index (χ2n) is 8.76. The maximum atomic E-state index is 12.5. The van der Waals surface area contributed by atoms with Crippen molar-refractivity contribution in [2.75, 3.05) is 16.0 Å². The first kappa shape index (κ1) is 25.7. The second kappa shape index (κ2) is 11.1. The zero-order chi connectivity index (χ0) is 25.8. The van der Waals surface area contributed by atoms with E-state index in [4.69, 9.17) is 23.2 Å². The number of hydrogen-bond donors (Lipinski definition) is 4. The van der Waals surface area contributed by atoms with Gasteiger partial charge in [0.2, 0.25) is 0 Å². The Labute approximate surface area is 216 Å². The van der Waals surface area contributed by atoms with Crippen molar-refractivity contribution in [2.45, 2.75) is 50.6 Å². The third kappa shape index (κ3) is 5.68. The number of carboxylic acids is 1. The van der Waals surface area contributed by atoms with Crippen molar-refractivity contribution in [1.29, 1.82) is 0 Å². The van der Waals surface area contributed by atoms with E-state index in [2.05, 4.69) is 20.9 Å². The zero-order valence-corrected chi connectivity index (χ0v) is 20.7. The molecule has 188 valence electrons. The monoisotopic (exact) mass is 530 g/mol. The van der Waals surface area contributed by atoms with Crippen molar-refractivity contribution < 1.29 is 14.7 Å². The number of anilines is 3. The van der Waals surface area contributed by atoms with Crippen LogP contribution < -0.4 is 26.8 Å². The summed E-state index contributed by atoms with van der Waals surface area (Å²) in [7, 11) is 0. The molecule has 36 heavy (non-hydrogen) atoms. The fraction of sp³-hybridized carbons (Fsp3) is 0.320. The summed E-state index contributed by atoms with van der Waals surface area (Å²) in [4.78, 5) is 52.5. The zero-order valence-electron chi connectivity index (χ0n) is 19.1. The van der Waals surface area contributed by atoms with E-state index in [-0.39, 0.29) is 39.4 Å². The van der Waals surface area contributed by atoms with Crippen LogP contribution in [0.15, 0.2) is 46.2 Å². The van der Waals surface area contributed by atoms with Crippen LogP contribution in [0.1, 0.15) is 48.0 Å². The van der Waals surface area contributed by atoms with Crippen LogP contribution in [0.5, 0.6) is 0 Å². The van der Waals surface area contributed by atoms with Crippen molar-refractivity contribution in [2.24, 2.45) is 0 Å². The van der Waals surface area contributed by atoms with Gasteiger partial charge in [-0.05, 0) is 30.5 Å². The molecule has 1 fully saturated rings. The number of amides is 1. The molecule has 1 saturated carbocycles. The molecule has 0 saturated heterocycles. The van der Waals surface area contributed by atoms with Crippen LogP contribution >= 0.6 is 23.2 Å². The molecule has 0 bridgehead atoms. The number of aromatic nitrogens is 1. The Bertz CT molecular complexity index is 1330. The SMILES string of the molecule is O=C(Nc1ccc(C[C@H](Nc2c(NC3CCCCC3)c(=O)c2=O)C(=O)O)cc1)c1c(Cl)cncc1Cl. The smallest absolute Gasteiger partial charge is 0.326 e. The number of nitrogens with one attached hydrogen (secondary N) is 3. The third-order valence-corrected chi connectivity index (χ3v) is 6.79. The summed E-state index contributed by atoms with van der Waals surface area (Å²) in [6.45, 7) is 0. The Morgan fingerprint density at radius 1 is 0.972 bits per heavy atom. The van der Waals surface area contributed by atoms with Gasteiger partial charge in [-0.1, -0.05) is 54.6 Å². The molecule has 2 aromatic carbocycles. The number of benzene rings is 1. The summed E-state index contributed by atoms with van der Waals surface area (Å²) in [6, 6.07) is 5.52. The first-order chi connectivity index (χ1) is 17.2. The van der Waals surface area contributed by atoms with E-state index in [1.807, 2.05) is 0 Å². The summed E-state index contributed by atoms with van der Waals surface area (Å²) in [6.07, 6.45) is 7.73. The molecule has 3 aromatic rings. The van der Waals surface area contributed by atoms with E-state index in [0.29, 0.717) is 11.3 Å². The molecule has 1 aliphatic carbocycles. The van der Waals surface area contributed by atoms with Gasteiger partial charge in [0.25, 0.3) is 16.8 Å². The topological polar surface area (TPSA) is 137 Å². The molecule has 1 amide bonds. The number of nitrogens with zero attached hydrogens (tertiary/aromatic N) is 1. The van der Waals surface area contributed by atoms with Crippen LogP contribution in [-0.4, -0.2) is 34.1 Å². The van der Waals surface area contributed by atoms with Crippen LogP contribution in [0.25, 0.3) is 0 Å². The van der Waals surface area contributed by atoms with Gasteiger partial charge in [-0.2, -0.15) is 0 Å². The molecular weight excluding hydrogens is 507 g/mol. The van der Waals surface area contributed by atoms with E-state index in [0.717, 1.165) is 32.1 Å². The highest BCUT2D eigenvalue weighted by atomic mass is 35.5. The largest absolute Gasteiger partial charge is 0.480 e. The predicted octanol–water partition coefficient (Wildman–Crippen LogP) is 4.09. The number of rotatable bonds is 9. The number of carboxylic acid groups (broad SMARTS) is 1. The van der Waals surface area contributed by atoms with Gasteiger partial charge < -0.3 is 21.1 Å². The Morgan fingerprint density at radius 2 is 1.58 bits per heavy atom. The predicted molar refractivity (Wildman–Crippen MR) is 139 cm³/mol. The Kier molecular flexibility index (Phi) is 7.91. The Morgan fingerprint density at radius 3 is 2.19 bits per heavy atom. The number of aliphatic carboxylic acids is 1. The van der Waals surface area contributed by atoms with E-state index >= 15 is 0 Å². The summed E-state index contributed by atoms with van der Waals surface area (Å²) in [5.41, 5.74) is 0.0471. The minimum Gasteiger partial charge on any atom is -0.480 e. The van der Waals surface area contributed by atoms with E-state index in [1.165, 1.54) is 12.4 Å². The van der Waals surface area contributed by atoms with Crippen LogP contribution in [0.4, 0.5) is 17.1 Å². The van der Waals surface area contributed by atoms with Crippen LogP contribution in [0.3, 0.4) is 0 Å². The minimum absolute atomic E-state index is 0.0213. The van der Waals surface area contributed by atoms with Crippen molar-refractivity contribution in [1.82, 2.24) is 4.98 Å². The fourth-order valence-corrected chi connectivity index (χ4v) is 4.81. The molecule has 1 atom stereocenters. The van der Waals surface area contributed by atoms with Crippen molar-refractivity contribution in [3.8, 4) is 0 Å². The van der Waals surface area contributed by atoms with Crippen LogP contribution in [0.2, 0.25) is 10.0 Å². The molecule has 11 heteroatoms. The maximum absolute atomic E-state index is 12.5. The summed E-state index contributed by atoms with van der Waals surface area (Å²) in [5.74, 6) is -1.67. The molecule has 1 heterocycles. The van der Waals surface area contributed by atoms with Crippen LogP contribution in [0, 0.1) is 0 Å². The standard InChI is InChI=1S/C25H24Cl2N4O5/c26-16-11-28-12-17(27)19(16)24(34)30-15-8-6-13(7-9-15)10-18(25(35)36)31-21-20(22(32)23(21)33)29-14-4-2-1-3-5-14/h6-9,11-12,14,18,29,31H,1-5,10H2,(H,30,34)(H,35,36)/t18-/m0/s1. The Hall–Kier alpha value is -3.43. The fourth-order valence-electron chi connectivity index (χ4n) is 4.27. The highest BCUT2D eigenvalue weighted by Crippen LogP contribution is 2.26. The summed E-state index contributed by atoms with van der Waals surface area (Å²) < 4.78 is 0. The number of hydrogen-bond acceptors (Lipinski definition) is 7. The summed E-state index contributed by atoms with van der Waals surface area (Å²) >= 11 is 12.0. The molecule has 4 rings (SSSR count). The first-order valence-electron chi connectivity index (χ1n) is 11.5.